The topological polar surface area (TPSA) is 77.5 Å². The van der Waals surface area contributed by atoms with Crippen LogP contribution in [0.25, 0.3) is 0 Å². The normalized spacial score (nSPS) is 20.9. The van der Waals surface area contributed by atoms with Crippen LogP contribution in [0.1, 0.15) is 17.5 Å². The van der Waals surface area contributed by atoms with Crippen LogP contribution in [0.5, 0.6) is 0 Å². The van der Waals surface area contributed by atoms with Crippen LogP contribution in [-0.4, -0.2) is 21.4 Å². The van der Waals surface area contributed by atoms with Gasteiger partial charge in [0, 0.05) is 29.5 Å². The van der Waals surface area contributed by atoms with Gasteiger partial charge in [-0.1, -0.05) is 29.8 Å². The fourth-order valence-electron chi connectivity index (χ4n) is 2.25. The number of hydrogen-bond donors (Lipinski definition) is 0. The van der Waals surface area contributed by atoms with Gasteiger partial charge < -0.3 is 4.57 Å². The van der Waals surface area contributed by atoms with Gasteiger partial charge in [-0.3, -0.25) is 14.9 Å². The van der Waals surface area contributed by atoms with Crippen molar-refractivity contribution in [2.75, 3.05) is 0 Å². The molecule has 0 bridgehead atoms. The lowest BCUT2D eigenvalue weighted by atomic mass is 10.1. The molecule has 114 valence electrons. The van der Waals surface area contributed by atoms with Crippen LogP contribution in [0.15, 0.2) is 40.8 Å². The van der Waals surface area contributed by atoms with Gasteiger partial charge in [-0.15, -0.1) is 11.3 Å². The molecule has 0 N–H and O–H groups in total. The average molecular weight is 317 g/mol. The van der Waals surface area contributed by atoms with Gasteiger partial charge in [0.2, 0.25) is 6.04 Å². The van der Waals surface area contributed by atoms with Crippen LogP contribution < -0.4 is 4.80 Å². The quantitative estimate of drug-likeness (QED) is 0.639. The smallest absolute Gasteiger partial charge is 0.258 e. The van der Waals surface area contributed by atoms with Crippen molar-refractivity contribution in [2.24, 2.45) is 10.9 Å². The molecule has 2 atom stereocenters. The minimum Gasteiger partial charge on any atom is -0.319 e. The summed E-state index contributed by atoms with van der Waals surface area (Å²) in [5.41, 5.74) is 2.31. The molecule has 1 aromatic carbocycles. The SMILES string of the molecule is Cc1ccc(Cn2ccsc2=NC(=O)C2CC2[N+](=O)[O-])cc1. The number of rotatable bonds is 4. The van der Waals surface area contributed by atoms with Crippen molar-refractivity contribution >= 4 is 17.2 Å². The molecule has 0 aliphatic heterocycles. The van der Waals surface area contributed by atoms with Crippen molar-refractivity contribution in [2.45, 2.75) is 25.9 Å². The molecular formula is C15H15N3O3S. The largest absolute Gasteiger partial charge is 0.319 e. The van der Waals surface area contributed by atoms with E-state index >= 15 is 0 Å². The Hall–Kier alpha value is -2.28. The zero-order valence-electron chi connectivity index (χ0n) is 12.0. The monoisotopic (exact) mass is 317 g/mol. The zero-order valence-corrected chi connectivity index (χ0v) is 12.8. The highest BCUT2D eigenvalue weighted by molar-refractivity contribution is 7.07. The number of nitro groups is 1. The molecule has 1 aromatic heterocycles. The number of hydrogen-bond acceptors (Lipinski definition) is 4. The van der Waals surface area contributed by atoms with Gasteiger partial charge in [0.15, 0.2) is 4.80 Å². The van der Waals surface area contributed by atoms with E-state index in [0.29, 0.717) is 17.8 Å². The number of aromatic nitrogens is 1. The standard InChI is InChI=1S/C15H15N3O3S/c1-10-2-4-11(5-3-10)9-17-6-7-22-15(17)16-14(19)12-8-13(12)18(20)21/h2-7,12-13H,8-9H2,1H3. The van der Waals surface area contributed by atoms with E-state index < -0.39 is 16.9 Å². The Labute approximate surface area is 130 Å². The molecule has 22 heavy (non-hydrogen) atoms. The second kappa shape index (κ2) is 5.84. The molecule has 2 aromatic rings. The van der Waals surface area contributed by atoms with E-state index in [0.717, 1.165) is 5.56 Å². The molecule has 1 saturated carbocycles. The van der Waals surface area contributed by atoms with Crippen LogP contribution in [0.4, 0.5) is 0 Å². The number of benzene rings is 1. The van der Waals surface area contributed by atoms with Crippen molar-refractivity contribution in [3.05, 3.63) is 61.9 Å². The van der Waals surface area contributed by atoms with Gasteiger partial charge >= 0.3 is 0 Å². The van der Waals surface area contributed by atoms with Crippen molar-refractivity contribution < 1.29 is 9.72 Å². The molecule has 6 nitrogen and oxygen atoms in total. The molecule has 1 heterocycles. The molecule has 2 unspecified atom stereocenters. The third kappa shape index (κ3) is 3.14. The maximum Gasteiger partial charge on any atom is 0.258 e. The van der Waals surface area contributed by atoms with Crippen LogP contribution >= 0.6 is 11.3 Å². The van der Waals surface area contributed by atoms with Crippen molar-refractivity contribution in [3.8, 4) is 0 Å². The van der Waals surface area contributed by atoms with Gasteiger partial charge in [0.25, 0.3) is 5.91 Å². The first-order valence-electron chi connectivity index (χ1n) is 6.96. The Kier molecular flexibility index (Phi) is 3.89. The molecule has 0 saturated heterocycles. The Morgan fingerprint density at radius 1 is 1.45 bits per heavy atom. The first-order valence-corrected chi connectivity index (χ1v) is 7.84. The van der Waals surface area contributed by atoms with Crippen LogP contribution in [0.3, 0.4) is 0 Å². The van der Waals surface area contributed by atoms with E-state index in [1.54, 1.807) is 0 Å². The summed E-state index contributed by atoms with van der Waals surface area (Å²) in [7, 11) is 0. The van der Waals surface area contributed by atoms with E-state index in [-0.39, 0.29) is 5.91 Å². The fraction of sp³-hybridized carbons (Fsp3) is 0.333. The van der Waals surface area contributed by atoms with Gasteiger partial charge in [-0.05, 0) is 12.5 Å². The first-order chi connectivity index (χ1) is 10.5. The highest BCUT2D eigenvalue weighted by Crippen LogP contribution is 2.33. The van der Waals surface area contributed by atoms with Crippen LogP contribution in [0.2, 0.25) is 0 Å². The van der Waals surface area contributed by atoms with Crippen molar-refractivity contribution in [1.82, 2.24) is 4.57 Å². The number of carbonyl (C=O) groups excluding carboxylic acids is 1. The summed E-state index contributed by atoms with van der Waals surface area (Å²) in [4.78, 5) is 26.8. The predicted molar refractivity (Wildman–Crippen MR) is 82.0 cm³/mol. The van der Waals surface area contributed by atoms with Gasteiger partial charge in [-0.2, -0.15) is 4.99 Å². The Morgan fingerprint density at radius 3 is 2.82 bits per heavy atom. The molecule has 7 heteroatoms. The molecule has 0 radical (unpaired) electrons. The van der Waals surface area contributed by atoms with Gasteiger partial charge in [0.05, 0.1) is 0 Å². The average Bonchev–Trinajstić information content (AvgIpc) is 3.19. The van der Waals surface area contributed by atoms with E-state index in [9.17, 15) is 14.9 Å². The third-order valence-corrected chi connectivity index (χ3v) is 4.48. The summed E-state index contributed by atoms with van der Waals surface area (Å²) >= 11 is 1.36. The number of thiazole rings is 1. The minimum absolute atomic E-state index is 0.304. The van der Waals surface area contributed by atoms with Crippen LogP contribution in [-0.2, 0) is 11.3 Å². The van der Waals surface area contributed by atoms with Crippen LogP contribution in [0, 0.1) is 23.0 Å². The molecule has 1 aliphatic carbocycles. The molecule has 1 fully saturated rings. The summed E-state index contributed by atoms with van der Waals surface area (Å²) in [6.45, 7) is 2.65. The second-order valence-electron chi connectivity index (χ2n) is 5.44. The fourth-order valence-corrected chi connectivity index (χ4v) is 2.99. The summed E-state index contributed by atoms with van der Waals surface area (Å²) < 4.78 is 1.89. The Balaban J connectivity index is 1.77. The maximum atomic E-state index is 12.0. The Morgan fingerprint density at radius 2 is 2.18 bits per heavy atom. The lowest BCUT2D eigenvalue weighted by molar-refractivity contribution is -0.497. The third-order valence-electron chi connectivity index (χ3n) is 3.68. The molecule has 1 amide bonds. The molecule has 3 rings (SSSR count). The van der Waals surface area contributed by atoms with E-state index in [4.69, 9.17) is 0 Å². The zero-order chi connectivity index (χ0) is 15.7. The minimum atomic E-state index is -0.748. The lowest BCUT2D eigenvalue weighted by Gasteiger charge is -2.03. The Bertz CT molecular complexity index is 776. The highest BCUT2D eigenvalue weighted by atomic mass is 32.1. The molecule has 0 spiro atoms. The summed E-state index contributed by atoms with van der Waals surface area (Å²) in [6.07, 6.45) is 2.17. The number of aryl methyl sites for hydroxylation is 1. The predicted octanol–water partition coefficient (Wildman–Crippen LogP) is 2.00. The second-order valence-corrected chi connectivity index (χ2v) is 6.32. The first kappa shape index (κ1) is 14.6. The summed E-state index contributed by atoms with van der Waals surface area (Å²) in [6, 6.07) is 7.40. The van der Waals surface area contributed by atoms with E-state index in [1.165, 1.54) is 16.9 Å². The number of amides is 1. The maximum absolute atomic E-state index is 12.0. The number of nitrogens with zero attached hydrogens (tertiary/aromatic N) is 3. The number of carbonyl (C=O) groups is 1. The highest BCUT2D eigenvalue weighted by Gasteiger charge is 2.53. The van der Waals surface area contributed by atoms with Crippen molar-refractivity contribution in [1.29, 1.82) is 0 Å². The summed E-state index contributed by atoms with van der Waals surface area (Å²) in [5, 5.41) is 12.5. The molecular weight excluding hydrogens is 302 g/mol. The van der Waals surface area contributed by atoms with E-state index in [2.05, 4.69) is 4.99 Å². The molecule has 1 aliphatic rings. The van der Waals surface area contributed by atoms with E-state index in [1.807, 2.05) is 47.3 Å². The lowest BCUT2D eigenvalue weighted by Crippen LogP contribution is -2.18. The van der Waals surface area contributed by atoms with Crippen molar-refractivity contribution in [3.63, 3.8) is 0 Å². The van der Waals surface area contributed by atoms with Gasteiger partial charge in [-0.25, -0.2) is 0 Å². The summed E-state index contributed by atoms with van der Waals surface area (Å²) in [5.74, 6) is -0.938. The van der Waals surface area contributed by atoms with Gasteiger partial charge in [0.1, 0.15) is 5.92 Å².